The van der Waals surface area contributed by atoms with Gasteiger partial charge in [-0.15, -0.1) is 0 Å². The quantitative estimate of drug-likeness (QED) is 0.837. The van der Waals surface area contributed by atoms with Gasteiger partial charge >= 0.3 is 0 Å². The average molecular weight is 234 g/mol. The number of aliphatic hydroxyl groups is 1. The lowest BCUT2D eigenvalue weighted by Crippen LogP contribution is -2.65. The first-order valence-corrected chi connectivity index (χ1v) is 5.87. The van der Waals surface area contributed by atoms with Gasteiger partial charge in [-0.1, -0.05) is 13.8 Å². The Hall–Kier alpha value is -1.42. The van der Waals surface area contributed by atoms with Crippen LogP contribution in [0.2, 0.25) is 0 Å². The summed E-state index contributed by atoms with van der Waals surface area (Å²) >= 11 is 0. The molecule has 4 heteroatoms. The molecule has 2 heterocycles. The van der Waals surface area contributed by atoms with Crippen molar-refractivity contribution in [3.05, 3.63) is 29.6 Å². The van der Waals surface area contributed by atoms with Crippen LogP contribution in [0.1, 0.15) is 29.9 Å². The summed E-state index contributed by atoms with van der Waals surface area (Å²) in [5.74, 6) is 0.116. The minimum atomic E-state index is -0.714. The molecule has 0 aromatic carbocycles. The van der Waals surface area contributed by atoms with Crippen molar-refractivity contribution in [1.82, 2.24) is 9.88 Å². The monoisotopic (exact) mass is 234 g/mol. The lowest BCUT2D eigenvalue weighted by atomic mass is 9.82. The van der Waals surface area contributed by atoms with E-state index in [1.807, 2.05) is 26.8 Å². The Labute approximate surface area is 101 Å². The lowest BCUT2D eigenvalue weighted by molar-refractivity contribution is -0.110. The van der Waals surface area contributed by atoms with Crippen LogP contribution in [-0.2, 0) is 0 Å². The highest BCUT2D eigenvalue weighted by atomic mass is 16.3. The molecule has 0 bridgehead atoms. The third-order valence-electron chi connectivity index (χ3n) is 3.45. The van der Waals surface area contributed by atoms with Gasteiger partial charge in [-0.05, 0) is 25.0 Å². The Bertz CT molecular complexity index is 420. The van der Waals surface area contributed by atoms with E-state index in [-0.39, 0.29) is 11.8 Å². The number of rotatable bonds is 2. The van der Waals surface area contributed by atoms with E-state index in [2.05, 4.69) is 4.98 Å². The number of hydrogen-bond donors (Lipinski definition) is 1. The molecule has 1 aromatic heterocycles. The molecule has 0 radical (unpaired) electrons. The summed E-state index contributed by atoms with van der Waals surface area (Å²) in [7, 11) is 0. The molecule has 1 aromatic rings. The minimum Gasteiger partial charge on any atom is -0.386 e. The molecule has 1 saturated heterocycles. The van der Waals surface area contributed by atoms with E-state index >= 15 is 0 Å². The molecular formula is C13H18N2O2. The topological polar surface area (TPSA) is 53.4 Å². The molecule has 4 nitrogen and oxygen atoms in total. The molecule has 0 unspecified atom stereocenters. The second-order valence-electron chi connectivity index (χ2n) is 5.11. The van der Waals surface area contributed by atoms with Crippen LogP contribution >= 0.6 is 0 Å². The zero-order chi connectivity index (χ0) is 12.6. The predicted molar refractivity (Wildman–Crippen MR) is 64.7 cm³/mol. The summed E-state index contributed by atoms with van der Waals surface area (Å²) in [6.07, 6.45) is 1.59. The molecule has 92 valence electrons. The zero-order valence-corrected chi connectivity index (χ0v) is 10.5. The van der Waals surface area contributed by atoms with Crippen LogP contribution in [-0.4, -0.2) is 39.6 Å². The second kappa shape index (κ2) is 4.11. The lowest BCUT2D eigenvalue weighted by Gasteiger charge is -2.49. The third-order valence-corrected chi connectivity index (χ3v) is 3.45. The van der Waals surface area contributed by atoms with Crippen molar-refractivity contribution < 1.29 is 9.90 Å². The minimum absolute atomic E-state index is 0.0529. The van der Waals surface area contributed by atoms with E-state index in [0.29, 0.717) is 18.7 Å². The molecule has 1 fully saturated rings. The van der Waals surface area contributed by atoms with Gasteiger partial charge in [0.25, 0.3) is 5.91 Å². The maximum Gasteiger partial charge on any atom is 0.255 e. The van der Waals surface area contributed by atoms with E-state index in [1.54, 1.807) is 17.2 Å². The number of hydrogen-bond acceptors (Lipinski definition) is 3. The van der Waals surface area contributed by atoms with Gasteiger partial charge in [0.2, 0.25) is 0 Å². The first-order chi connectivity index (χ1) is 7.92. The van der Waals surface area contributed by atoms with Gasteiger partial charge in [-0.2, -0.15) is 0 Å². The second-order valence-corrected chi connectivity index (χ2v) is 5.11. The Kier molecular flexibility index (Phi) is 2.91. The van der Waals surface area contributed by atoms with Gasteiger partial charge in [0.1, 0.15) is 5.60 Å². The fraction of sp³-hybridized carbons (Fsp3) is 0.538. The van der Waals surface area contributed by atoms with E-state index in [1.165, 1.54) is 0 Å². The number of nitrogens with zero attached hydrogens (tertiary/aromatic N) is 2. The number of aryl methyl sites for hydroxylation is 1. The summed E-state index contributed by atoms with van der Waals surface area (Å²) in [5.41, 5.74) is 0.763. The molecule has 17 heavy (non-hydrogen) atoms. The van der Waals surface area contributed by atoms with E-state index < -0.39 is 5.60 Å². The van der Waals surface area contributed by atoms with Crippen molar-refractivity contribution in [1.29, 1.82) is 0 Å². The molecule has 0 saturated carbocycles. The molecule has 1 amide bonds. The highest BCUT2D eigenvalue weighted by molar-refractivity contribution is 5.94. The summed E-state index contributed by atoms with van der Waals surface area (Å²) in [6, 6.07) is 3.60. The summed E-state index contributed by atoms with van der Waals surface area (Å²) in [5, 5.41) is 10.1. The Morgan fingerprint density at radius 3 is 2.59 bits per heavy atom. The van der Waals surface area contributed by atoms with Crippen LogP contribution in [0.4, 0.5) is 0 Å². The number of pyridine rings is 1. The van der Waals surface area contributed by atoms with Gasteiger partial charge < -0.3 is 10.0 Å². The van der Waals surface area contributed by atoms with Crippen molar-refractivity contribution in [3.63, 3.8) is 0 Å². The molecule has 1 N–H and O–H groups in total. The van der Waals surface area contributed by atoms with Crippen molar-refractivity contribution in [2.45, 2.75) is 26.4 Å². The first-order valence-electron chi connectivity index (χ1n) is 5.87. The molecule has 0 atom stereocenters. The Morgan fingerprint density at radius 2 is 2.12 bits per heavy atom. The highest BCUT2D eigenvalue weighted by Gasteiger charge is 2.45. The SMILES string of the molecule is Cc1ccc(C(=O)N2CC(O)(C(C)C)C2)cn1. The maximum atomic E-state index is 12.0. The number of amides is 1. The van der Waals surface area contributed by atoms with Gasteiger partial charge in [0.05, 0.1) is 18.7 Å². The van der Waals surface area contributed by atoms with Crippen LogP contribution in [0.15, 0.2) is 18.3 Å². The number of carbonyl (C=O) groups excluding carboxylic acids is 1. The van der Waals surface area contributed by atoms with Crippen molar-refractivity contribution >= 4 is 5.91 Å². The maximum absolute atomic E-state index is 12.0. The predicted octanol–water partition coefficient (Wildman–Crippen LogP) is 1.23. The van der Waals surface area contributed by atoms with Crippen molar-refractivity contribution in [2.24, 2.45) is 5.92 Å². The molecule has 2 rings (SSSR count). The molecule has 0 spiro atoms. The van der Waals surface area contributed by atoms with Crippen LogP contribution in [0.25, 0.3) is 0 Å². The highest BCUT2D eigenvalue weighted by Crippen LogP contribution is 2.29. The van der Waals surface area contributed by atoms with E-state index in [4.69, 9.17) is 0 Å². The molecule has 1 aliphatic heterocycles. The normalized spacial score (nSPS) is 18.1. The number of β-amino-alcohol motifs (C(OH)–C–C–N with tert-alkyl or cyclic N) is 1. The summed E-state index contributed by atoms with van der Waals surface area (Å²) in [6.45, 7) is 6.65. The van der Waals surface area contributed by atoms with Crippen molar-refractivity contribution in [2.75, 3.05) is 13.1 Å². The Morgan fingerprint density at radius 1 is 1.47 bits per heavy atom. The van der Waals surface area contributed by atoms with Gasteiger partial charge in [-0.3, -0.25) is 9.78 Å². The van der Waals surface area contributed by atoms with Gasteiger partial charge in [-0.25, -0.2) is 0 Å². The van der Waals surface area contributed by atoms with Gasteiger partial charge in [0, 0.05) is 11.9 Å². The van der Waals surface area contributed by atoms with E-state index in [9.17, 15) is 9.90 Å². The number of carbonyl (C=O) groups is 1. The van der Waals surface area contributed by atoms with Crippen LogP contribution in [0, 0.1) is 12.8 Å². The zero-order valence-electron chi connectivity index (χ0n) is 10.5. The molecular weight excluding hydrogens is 216 g/mol. The standard InChI is InChI=1S/C13H18N2O2/c1-9(2)13(17)7-15(8-13)12(16)11-5-4-10(3)14-6-11/h4-6,9,17H,7-8H2,1-3H3. The van der Waals surface area contributed by atoms with Crippen LogP contribution in [0.3, 0.4) is 0 Å². The summed E-state index contributed by atoms with van der Waals surface area (Å²) in [4.78, 5) is 17.8. The van der Waals surface area contributed by atoms with Crippen LogP contribution < -0.4 is 0 Å². The first kappa shape index (κ1) is 12.0. The van der Waals surface area contributed by atoms with Gasteiger partial charge in [0.15, 0.2) is 0 Å². The molecule has 0 aliphatic carbocycles. The third kappa shape index (κ3) is 2.17. The number of aromatic nitrogens is 1. The number of likely N-dealkylation sites (tertiary alicyclic amines) is 1. The van der Waals surface area contributed by atoms with Crippen LogP contribution in [0.5, 0.6) is 0 Å². The summed E-state index contributed by atoms with van der Waals surface area (Å²) < 4.78 is 0. The smallest absolute Gasteiger partial charge is 0.255 e. The molecule has 1 aliphatic rings. The van der Waals surface area contributed by atoms with E-state index in [0.717, 1.165) is 5.69 Å². The Balaban J connectivity index is 2.02. The largest absolute Gasteiger partial charge is 0.386 e. The average Bonchev–Trinajstić information content (AvgIpc) is 2.24. The fourth-order valence-corrected chi connectivity index (χ4v) is 1.90. The van der Waals surface area contributed by atoms with Crippen molar-refractivity contribution in [3.8, 4) is 0 Å². The fourth-order valence-electron chi connectivity index (χ4n) is 1.90.